The number of benzene rings is 1. The normalized spacial score (nSPS) is 13.2. The molecule has 0 aromatic heterocycles. The molecule has 106 valence electrons. The van der Waals surface area contributed by atoms with Crippen molar-refractivity contribution in [3.63, 3.8) is 0 Å². The lowest BCUT2D eigenvalue weighted by atomic mass is 9.85. The van der Waals surface area contributed by atoms with Crippen LogP contribution in [0.5, 0.6) is 0 Å². The second-order valence-electron chi connectivity index (χ2n) is 6.32. The summed E-state index contributed by atoms with van der Waals surface area (Å²) in [5, 5.41) is 7.03. The maximum atomic E-state index is 5.21. The van der Waals surface area contributed by atoms with E-state index < -0.39 is 0 Å². The van der Waals surface area contributed by atoms with E-state index in [1.807, 2.05) is 7.05 Å². The summed E-state index contributed by atoms with van der Waals surface area (Å²) in [5.74, 6) is 0.479. The molecule has 0 saturated carbocycles. The third kappa shape index (κ3) is 4.50. The van der Waals surface area contributed by atoms with Gasteiger partial charge in [-0.1, -0.05) is 58.9 Å². The van der Waals surface area contributed by atoms with Crippen LogP contribution >= 0.6 is 12.2 Å². The molecule has 1 aromatic carbocycles. The zero-order valence-corrected chi connectivity index (χ0v) is 13.7. The standard InChI is InChI=1S/C16H26N2S/c1-11(2)14(18-15(19)17-6)12-7-9-13(10-8-12)16(3,4)5/h7-11,14H,1-6H3,(H2,17,18,19)/t14-/m1/s1. The van der Waals surface area contributed by atoms with E-state index in [-0.39, 0.29) is 11.5 Å². The minimum absolute atomic E-state index is 0.194. The summed E-state index contributed by atoms with van der Waals surface area (Å²) in [5.41, 5.74) is 2.83. The van der Waals surface area contributed by atoms with Gasteiger partial charge in [0.05, 0.1) is 6.04 Å². The van der Waals surface area contributed by atoms with Gasteiger partial charge in [-0.2, -0.15) is 0 Å². The largest absolute Gasteiger partial charge is 0.366 e. The molecular weight excluding hydrogens is 252 g/mol. The number of nitrogens with one attached hydrogen (secondary N) is 2. The maximum Gasteiger partial charge on any atom is 0.166 e. The molecule has 0 bridgehead atoms. The molecule has 3 heteroatoms. The van der Waals surface area contributed by atoms with Crippen LogP contribution in [0.25, 0.3) is 0 Å². The Morgan fingerprint density at radius 2 is 1.63 bits per heavy atom. The van der Waals surface area contributed by atoms with Crippen LogP contribution in [0.15, 0.2) is 24.3 Å². The van der Waals surface area contributed by atoms with Gasteiger partial charge in [0, 0.05) is 7.05 Å². The molecule has 1 aromatic rings. The van der Waals surface area contributed by atoms with Crippen LogP contribution in [-0.2, 0) is 5.41 Å². The average molecular weight is 278 g/mol. The summed E-state index contributed by atoms with van der Waals surface area (Å²) < 4.78 is 0. The van der Waals surface area contributed by atoms with Crippen molar-refractivity contribution in [2.24, 2.45) is 5.92 Å². The molecule has 1 atom stereocenters. The van der Waals surface area contributed by atoms with Crippen molar-refractivity contribution in [3.05, 3.63) is 35.4 Å². The molecule has 19 heavy (non-hydrogen) atoms. The fourth-order valence-electron chi connectivity index (χ4n) is 2.04. The molecule has 0 amide bonds. The molecule has 2 N–H and O–H groups in total. The van der Waals surface area contributed by atoms with Gasteiger partial charge < -0.3 is 10.6 Å². The Kier molecular flexibility index (Phi) is 5.36. The molecule has 0 unspecified atom stereocenters. The van der Waals surface area contributed by atoms with Crippen LogP contribution in [-0.4, -0.2) is 12.2 Å². The molecule has 0 saturated heterocycles. The number of hydrogen-bond donors (Lipinski definition) is 2. The van der Waals surface area contributed by atoms with Crippen molar-refractivity contribution < 1.29 is 0 Å². The summed E-state index contributed by atoms with van der Waals surface area (Å²) in [7, 11) is 1.84. The predicted molar refractivity (Wildman–Crippen MR) is 87.5 cm³/mol. The van der Waals surface area contributed by atoms with Gasteiger partial charge in [-0.25, -0.2) is 0 Å². The number of thiocarbonyl (C=S) groups is 1. The third-order valence-electron chi connectivity index (χ3n) is 3.32. The molecule has 0 fully saturated rings. The zero-order valence-electron chi connectivity index (χ0n) is 12.9. The van der Waals surface area contributed by atoms with Gasteiger partial charge in [-0.05, 0) is 34.7 Å². The number of rotatable bonds is 3. The molecule has 0 aliphatic rings. The van der Waals surface area contributed by atoms with Gasteiger partial charge in [0.2, 0.25) is 0 Å². The van der Waals surface area contributed by atoms with Crippen molar-refractivity contribution in [2.75, 3.05) is 7.05 Å². The highest BCUT2D eigenvalue weighted by molar-refractivity contribution is 7.80. The summed E-state index contributed by atoms with van der Waals surface area (Å²) in [6.07, 6.45) is 0. The van der Waals surface area contributed by atoms with E-state index in [4.69, 9.17) is 12.2 Å². The van der Waals surface area contributed by atoms with Crippen molar-refractivity contribution in [1.82, 2.24) is 10.6 Å². The van der Waals surface area contributed by atoms with Gasteiger partial charge in [-0.3, -0.25) is 0 Å². The second kappa shape index (κ2) is 6.38. The molecular formula is C16H26N2S. The Labute approximate surface area is 123 Å². The molecule has 0 aliphatic carbocycles. The Morgan fingerprint density at radius 3 is 2.00 bits per heavy atom. The Morgan fingerprint density at radius 1 is 1.11 bits per heavy atom. The van der Waals surface area contributed by atoms with Crippen LogP contribution in [0.4, 0.5) is 0 Å². The minimum Gasteiger partial charge on any atom is -0.366 e. The van der Waals surface area contributed by atoms with E-state index in [0.717, 1.165) is 0 Å². The molecule has 2 nitrogen and oxygen atoms in total. The molecule has 0 spiro atoms. The zero-order chi connectivity index (χ0) is 14.6. The van der Waals surface area contributed by atoms with Gasteiger partial charge >= 0.3 is 0 Å². The van der Waals surface area contributed by atoms with E-state index in [0.29, 0.717) is 11.0 Å². The molecule has 0 radical (unpaired) electrons. The van der Waals surface area contributed by atoms with Crippen LogP contribution in [0.3, 0.4) is 0 Å². The van der Waals surface area contributed by atoms with E-state index in [1.54, 1.807) is 0 Å². The highest BCUT2D eigenvalue weighted by atomic mass is 32.1. The van der Waals surface area contributed by atoms with Crippen LogP contribution in [0, 0.1) is 5.92 Å². The summed E-state index contributed by atoms with van der Waals surface area (Å²) >= 11 is 5.21. The monoisotopic (exact) mass is 278 g/mol. The SMILES string of the molecule is CNC(=S)N[C@@H](c1ccc(C(C)(C)C)cc1)C(C)C. The molecule has 0 heterocycles. The van der Waals surface area contributed by atoms with E-state index >= 15 is 0 Å². The van der Waals surface area contributed by atoms with E-state index in [9.17, 15) is 0 Å². The van der Waals surface area contributed by atoms with Crippen LogP contribution in [0.2, 0.25) is 0 Å². The first-order valence-electron chi connectivity index (χ1n) is 6.84. The first-order chi connectivity index (χ1) is 8.75. The second-order valence-corrected chi connectivity index (χ2v) is 6.73. The predicted octanol–water partition coefficient (Wildman–Crippen LogP) is 3.78. The lowest BCUT2D eigenvalue weighted by Gasteiger charge is -2.25. The van der Waals surface area contributed by atoms with Gasteiger partial charge in [0.25, 0.3) is 0 Å². The van der Waals surface area contributed by atoms with Gasteiger partial charge in [-0.15, -0.1) is 0 Å². The van der Waals surface area contributed by atoms with Crippen LogP contribution in [0.1, 0.15) is 51.8 Å². The third-order valence-corrected chi connectivity index (χ3v) is 3.64. The average Bonchev–Trinajstić information content (AvgIpc) is 2.34. The summed E-state index contributed by atoms with van der Waals surface area (Å²) in [4.78, 5) is 0. The van der Waals surface area contributed by atoms with Crippen molar-refractivity contribution >= 4 is 17.3 Å². The summed E-state index contributed by atoms with van der Waals surface area (Å²) in [6.45, 7) is 11.1. The van der Waals surface area contributed by atoms with Gasteiger partial charge in [0.1, 0.15) is 0 Å². The maximum absolute atomic E-state index is 5.21. The Hall–Kier alpha value is -1.09. The highest BCUT2D eigenvalue weighted by Crippen LogP contribution is 2.26. The lowest BCUT2D eigenvalue weighted by Crippen LogP contribution is -2.37. The highest BCUT2D eigenvalue weighted by Gasteiger charge is 2.18. The first kappa shape index (κ1) is 16.0. The Bertz CT molecular complexity index is 415. The molecule has 0 aliphatic heterocycles. The lowest BCUT2D eigenvalue weighted by molar-refractivity contribution is 0.469. The Balaban J connectivity index is 2.95. The topological polar surface area (TPSA) is 24.1 Å². The quantitative estimate of drug-likeness (QED) is 0.823. The van der Waals surface area contributed by atoms with E-state index in [1.165, 1.54) is 11.1 Å². The fraction of sp³-hybridized carbons (Fsp3) is 0.562. The smallest absolute Gasteiger partial charge is 0.166 e. The fourth-order valence-corrected chi connectivity index (χ4v) is 2.17. The first-order valence-corrected chi connectivity index (χ1v) is 7.25. The van der Waals surface area contributed by atoms with Gasteiger partial charge in [0.15, 0.2) is 5.11 Å². The molecule has 1 rings (SSSR count). The van der Waals surface area contributed by atoms with Crippen LogP contribution < -0.4 is 10.6 Å². The number of hydrogen-bond acceptors (Lipinski definition) is 1. The minimum atomic E-state index is 0.194. The van der Waals surface area contributed by atoms with Crippen molar-refractivity contribution in [2.45, 2.75) is 46.1 Å². The summed E-state index contributed by atoms with van der Waals surface area (Å²) in [6, 6.07) is 9.09. The van der Waals surface area contributed by atoms with Crippen molar-refractivity contribution in [3.8, 4) is 0 Å². The van der Waals surface area contributed by atoms with E-state index in [2.05, 4.69) is 69.5 Å². The van der Waals surface area contributed by atoms with Crippen molar-refractivity contribution in [1.29, 1.82) is 0 Å².